The molecular weight excluding hydrogens is 399 g/mol. The van der Waals surface area contributed by atoms with Gasteiger partial charge in [0.05, 0.1) is 17.6 Å². The number of aromatic nitrogens is 4. The number of carboxylic acid groups (broad SMARTS) is 1. The maximum atomic E-state index is 14.4. The molecule has 0 bridgehead atoms. The first kappa shape index (κ1) is 19.2. The number of piperidine rings is 1. The summed E-state index contributed by atoms with van der Waals surface area (Å²) in [5, 5.41) is 15.8. The summed E-state index contributed by atoms with van der Waals surface area (Å²) in [7, 11) is 0. The highest BCUT2D eigenvalue weighted by Gasteiger charge is 2.27. The van der Waals surface area contributed by atoms with E-state index in [9.17, 15) is 14.0 Å². The van der Waals surface area contributed by atoms with Crippen molar-refractivity contribution < 1.29 is 19.1 Å². The highest BCUT2D eigenvalue weighted by Crippen LogP contribution is 2.34. The van der Waals surface area contributed by atoms with Crippen LogP contribution in [0.4, 0.5) is 15.1 Å². The minimum atomic E-state index is -0.943. The number of nitrogens with one attached hydrogen (secondary N) is 1. The van der Waals surface area contributed by atoms with Gasteiger partial charge in [0.2, 0.25) is 5.95 Å². The predicted molar refractivity (Wildman–Crippen MR) is 104 cm³/mol. The highest BCUT2D eigenvalue weighted by molar-refractivity contribution is 7.14. The molecule has 0 saturated carbocycles. The quantitative estimate of drug-likeness (QED) is 0.676. The fraction of sp³-hybridized carbons (Fsp3) is 0.389. The molecule has 0 aliphatic carbocycles. The molecule has 0 unspecified atom stereocenters. The van der Waals surface area contributed by atoms with Crippen molar-refractivity contribution in [2.45, 2.75) is 32.6 Å². The van der Waals surface area contributed by atoms with Gasteiger partial charge in [0.25, 0.3) is 5.91 Å². The Labute approximate surface area is 169 Å². The van der Waals surface area contributed by atoms with Crippen LogP contribution < -0.4 is 5.32 Å². The van der Waals surface area contributed by atoms with E-state index in [2.05, 4.69) is 20.4 Å². The van der Waals surface area contributed by atoms with Crippen LogP contribution in [-0.4, -0.2) is 54.7 Å². The van der Waals surface area contributed by atoms with E-state index in [0.29, 0.717) is 37.3 Å². The monoisotopic (exact) mass is 418 g/mol. The van der Waals surface area contributed by atoms with Crippen LogP contribution in [0.3, 0.4) is 0 Å². The van der Waals surface area contributed by atoms with Crippen molar-refractivity contribution in [3.8, 4) is 0 Å². The summed E-state index contributed by atoms with van der Waals surface area (Å²) in [6.45, 7) is 4.43. The number of hydrogen-bond acceptors (Lipinski definition) is 6. The van der Waals surface area contributed by atoms with Crippen molar-refractivity contribution in [1.82, 2.24) is 24.5 Å². The van der Waals surface area contributed by atoms with Crippen molar-refractivity contribution in [2.24, 2.45) is 0 Å². The molecule has 1 aliphatic heterocycles. The molecule has 152 valence electrons. The average Bonchev–Trinajstić information content (AvgIpc) is 3.25. The van der Waals surface area contributed by atoms with Gasteiger partial charge in [-0.2, -0.15) is 4.98 Å². The largest absolute Gasteiger partial charge is 0.465 e. The van der Waals surface area contributed by atoms with Crippen molar-refractivity contribution in [3.63, 3.8) is 0 Å². The van der Waals surface area contributed by atoms with Crippen LogP contribution >= 0.6 is 11.3 Å². The lowest BCUT2D eigenvalue weighted by molar-refractivity contribution is 0.102. The van der Waals surface area contributed by atoms with Gasteiger partial charge in [-0.15, -0.1) is 16.4 Å². The zero-order valence-corrected chi connectivity index (χ0v) is 16.7. The summed E-state index contributed by atoms with van der Waals surface area (Å²) in [5.41, 5.74) is 1.96. The number of anilines is 1. The number of carbonyl (C=O) groups excluding carboxylic acids is 1. The first-order valence-electron chi connectivity index (χ1n) is 9.11. The second-order valence-corrected chi connectivity index (χ2v) is 8.08. The summed E-state index contributed by atoms with van der Waals surface area (Å²) < 4.78 is 16.0. The molecule has 29 heavy (non-hydrogen) atoms. The molecule has 11 heteroatoms. The van der Waals surface area contributed by atoms with Gasteiger partial charge < -0.3 is 10.0 Å². The van der Waals surface area contributed by atoms with Gasteiger partial charge in [-0.1, -0.05) is 0 Å². The van der Waals surface area contributed by atoms with Gasteiger partial charge >= 0.3 is 6.09 Å². The van der Waals surface area contributed by atoms with Gasteiger partial charge in [0.15, 0.2) is 5.65 Å². The molecule has 2 N–H and O–H groups in total. The van der Waals surface area contributed by atoms with Crippen molar-refractivity contribution in [1.29, 1.82) is 0 Å². The van der Waals surface area contributed by atoms with Gasteiger partial charge in [0, 0.05) is 18.0 Å². The first-order chi connectivity index (χ1) is 13.8. The number of rotatable bonds is 3. The molecule has 1 aliphatic rings. The number of amides is 2. The van der Waals surface area contributed by atoms with E-state index in [-0.39, 0.29) is 16.7 Å². The molecule has 4 rings (SSSR count). The number of likely N-dealkylation sites (tertiary alicyclic amines) is 1. The lowest BCUT2D eigenvalue weighted by Gasteiger charge is -2.29. The Morgan fingerprint density at radius 3 is 2.69 bits per heavy atom. The van der Waals surface area contributed by atoms with Gasteiger partial charge in [-0.3, -0.25) is 15.1 Å². The third-order valence-corrected chi connectivity index (χ3v) is 6.18. The van der Waals surface area contributed by atoms with E-state index in [0.717, 1.165) is 21.9 Å². The summed E-state index contributed by atoms with van der Waals surface area (Å²) >= 11 is 1.09. The molecule has 4 heterocycles. The molecule has 0 radical (unpaired) electrons. The van der Waals surface area contributed by atoms with Crippen LogP contribution in [0.15, 0.2) is 12.3 Å². The third kappa shape index (κ3) is 3.77. The number of thiophene rings is 1. The lowest BCUT2D eigenvalue weighted by atomic mass is 9.95. The lowest BCUT2D eigenvalue weighted by Crippen LogP contribution is -2.36. The van der Waals surface area contributed by atoms with Crippen LogP contribution in [0.5, 0.6) is 0 Å². The maximum Gasteiger partial charge on any atom is 0.407 e. The first-order valence-corrected chi connectivity index (χ1v) is 9.92. The Hall–Kier alpha value is -3.08. The topological polar surface area (TPSA) is 113 Å². The van der Waals surface area contributed by atoms with Crippen LogP contribution in [0.1, 0.15) is 44.7 Å². The SMILES string of the molecule is Cc1cn2nc(NC(=O)c3sc(C4CCN(C(=O)O)CC4)cc3F)nc2c(C)n1. The van der Waals surface area contributed by atoms with Crippen molar-refractivity contribution in [3.05, 3.63) is 39.2 Å². The van der Waals surface area contributed by atoms with E-state index >= 15 is 0 Å². The number of aryl methyl sites for hydroxylation is 2. The van der Waals surface area contributed by atoms with E-state index in [1.54, 1.807) is 13.1 Å². The molecule has 1 fully saturated rings. The van der Waals surface area contributed by atoms with Gasteiger partial charge in [-0.25, -0.2) is 13.7 Å². The van der Waals surface area contributed by atoms with Crippen LogP contribution in [0, 0.1) is 19.7 Å². The molecule has 0 atom stereocenters. The molecule has 0 spiro atoms. The number of carbonyl (C=O) groups is 2. The summed E-state index contributed by atoms with van der Waals surface area (Å²) in [6.07, 6.45) is 1.96. The standard InChI is InChI=1S/C18H19FN6O3S/c1-9-8-25-15(10(2)20-9)21-17(23-25)22-16(26)14-12(19)7-13(29-14)11-3-5-24(6-4-11)18(27)28/h7-8,11H,3-6H2,1-2H3,(H,27,28)(H,22,23,26). The van der Waals surface area contributed by atoms with Gasteiger partial charge in [0.1, 0.15) is 10.7 Å². The predicted octanol–water partition coefficient (Wildman–Crippen LogP) is 3.05. The zero-order chi connectivity index (χ0) is 20.7. The summed E-state index contributed by atoms with van der Waals surface area (Å²) in [6, 6.07) is 1.37. The molecule has 3 aromatic heterocycles. The zero-order valence-electron chi connectivity index (χ0n) is 15.8. The maximum absolute atomic E-state index is 14.4. The Morgan fingerprint density at radius 1 is 1.28 bits per heavy atom. The minimum Gasteiger partial charge on any atom is -0.465 e. The van der Waals surface area contributed by atoms with E-state index in [4.69, 9.17) is 5.11 Å². The molecule has 1 saturated heterocycles. The van der Waals surface area contributed by atoms with Crippen molar-refractivity contribution >= 4 is 34.9 Å². The molecular formula is C18H19FN6O3S. The second kappa shape index (κ2) is 7.39. The summed E-state index contributed by atoms with van der Waals surface area (Å²) in [4.78, 5) is 34.2. The fourth-order valence-corrected chi connectivity index (χ4v) is 4.59. The number of hydrogen-bond donors (Lipinski definition) is 2. The normalized spacial score (nSPS) is 15.1. The van der Waals surface area contributed by atoms with Crippen molar-refractivity contribution in [2.75, 3.05) is 18.4 Å². The van der Waals surface area contributed by atoms with E-state index in [1.165, 1.54) is 15.5 Å². The van der Waals surface area contributed by atoms with Crippen LogP contribution in [0.2, 0.25) is 0 Å². The molecule has 2 amide bonds. The fourth-order valence-electron chi connectivity index (χ4n) is 3.49. The Balaban J connectivity index is 1.50. The van der Waals surface area contributed by atoms with Crippen LogP contribution in [0.25, 0.3) is 5.65 Å². The number of nitrogens with zero attached hydrogens (tertiary/aromatic N) is 5. The smallest absolute Gasteiger partial charge is 0.407 e. The minimum absolute atomic E-state index is 0.0365. The van der Waals surface area contributed by atoms with E-state index in [1.807, 2.05) is 6.92 Å². The second-order valence-electron chi connectivity index (χ2n) is 7.00. The Kier molecular flexibility index (Phi) is 4.91. The number of halogens is 1. The Morgan fingerprint density at radius 2 is 2.00 bits per heavy atom. The highest BCUT2D eigenvalue weighted by atomic mass is 32.1. The molecule has 0 aromatic carbocycles. The average molecular weight is 418 g/mol. The van der Waals surface area contributed by atoms with E-state index < -0.39 is 17.8 Å². The number of fused-ring (bicyclic) bond motifs is 1. The molecule has 9 nitrogen and oxygen atoms in total. The summed E-state index contributed by atoms with van der Waals surface area (Å²) in [5.74, 6) is -1.09. The Bertz CT molecular complexity index is 1100. The third-order valence-electron chi connectivity index (χ3n) is 4.91. The van der Waals surface area contributed by atoms with Gasteiger partial charge in [-0.05, 0) is 38.7 Å². The molecule has 3 aromatic rings. The van der Waals surface area contributed by atoms with Crippen LogP contribution in [-0.2, 0) is 0 Å².